The topological polar surface area (TPSA) is 105 Å². The van der Waals surface area contributed by atoms with Crippen LogP contribution in [-0.4, -0.2) is 89.7 Å². The molecule has 2 aromatic carbocycles. The molecule has 0 aliphatic carbocycles. The van der Waals surface area contributed by atoms with E-state index in [0.29, 0.717) is 29.4 Å². The SMILES string of the molecule is CN(C)C/C=C/C(=O)Nc1cccc(-c2nc(Nc3cccc(N4CCN(C)CC4)c3)nc3[nH]nc(F)c23)c1. The molecule has 0 spiro atoms. The molecule has 0 saturated carbocycles. The van der Waals surface area contributed by atoms with Crippen molar-refractivity contribution in [2.45, 2.75) is 0 Å². The molecule has 0 bridgehead atoms. The van der Waals surface area contributed by atoms with E-state index in [1.807, 2.05) is 37.2 Å². The minimum Gasteiger partial charge on any atom is -0.369 e. The van der Waals surface area contributed by atoms with Gasteiger partial charge in [-0.1, -0.05) is 24.3 Å². The number of H-pyrrole nitrogens is 1. The molecule has 2 aromatic heterocycles. The number of anilines is 4. The predicted octanol–water partition coefficient (Wildman–Crippen LogP) is 3.71. The number of amides is 1. The molecule has 1 amide bonds. The maximum atomic E-state index is 14.7. The van der Waals surface area contributed by atoms with Crippen molar-refractivity contribution in [3.63, 3.8) is 0 Å². The first-order valence-corrected chi connectivity index (χ1v) is 12.8. The summed E-state index contributed by atoms with van der Waals surface area (Å²) in [5.41, 5.74) is 3.76. The molecular formula is C28H32FN9O. The first-order chi connectivity index (χ1) is 18.9. The van der Waals surface area contributed by atoms with E-state index in [1.54, 1.807) is 24.3 Å². The highest BCUT2D eigenvalue weighted by molar-refractivity contribution is 6.00. The van der Waals surface area contributed by atoms with Gasteiger partial charge in [-0.2, -0.15) is 9.37 Å². The Kier molecular flexibility index (Phi) is 7.80. The molecule has 3 heterocycles. The Hall–Kier alpha value is -4.35. The van der Waals surface area contributed by atoms with Gasteiger partial charge in [-0.3, -0.25) is 9.89 Å². The molecule has 3 N–H and O–H groups in total. The van der Waals surface area contributed by atoms with E-state index in [-0.39, 0.29) is 16.9 Å². The number of nitrogens with zero attached hydrogens (tertiary/aromatic N) is 6. The van der Waals surface area contributed by atoms with E-state index < -0.39 is 5.95 Å². The van der Waals surface area contributed by atoms with Crippen LogP contribution in [0.4, 0.5) is 27.4 Å². The van der Waals surface area contributed by atoms with Crippen molar-refractivity contribution in [2.75, 3.05) is 69.4 Å². The Morgan fingerprint density at radius 3 is 2.64 bits per heavy atom. The second-order valence-electron chi connectivity index (χ2n) is 9.83. The van der Waals surface area contributed by atoms with E-state index in [4.69, 9.17) is 0 Å². The van der Waals surface area contributed by atoms with Gasteiger partial charge >= 0.3 is 0 Å². The molecule has 1 aliphatic heterocycles. The third-order valence-electron chi connectivity index (χ3n) is 6.49. The molecule has 39 heavy (non-hydrogen) atoms. The van der Waals surface area contributed by atoms with Crippen LogP contribution < -0.4 is 15.5 Å². The Morgan fingerprint density at radius 2 is 1.85 bits per heavy atom. The Balaban J connectivity index is 1.41. The summed E-state index contributed by atoms with van der Waals surface area (Å²) in [5, 5.41) is 12.7. The van der Waals surface area contributed by atoms with Gasteiger partial charge in [-0.25, -0.2) is 4.98 Å². The summed E-state index contributed by atoms with van der Waals surface area (Å²) in [7, 11) is 5.99. The van der Waals surface area contributed by atoms with Crippen molar-refractivity contribution in [3.05, 3.63) is 66.6 Å². The first kappa shape index (κ1) is 26.3. The van der Waals surface area contributed by atoms with Gasteiger partial charge in [0.1, 0.15) is 5.39 Å². The average molecular weight is 530 g/mol. The van der Waals surface area contributed by atoms with Crippen LogP contribution in [-0.2, 0) is 4.79 Å². The fourth-order valence-corrected chi connectivity index (χ4v) is 4.43. The van der Waals surface area contributed by atoms with Gasteiger partial charge in [-0.05, 0) is 51.5 Å². The predicted molar refractivity (Wildman–Crippen MR) is 153 cm³/mol. The summed E-state index contributed by atoms with van der Waals surface area (Å²) >= 11 is 0. The highest BCUT2D eigenvalue weighted by Crippen LogP contribution is 2.31. The molecule has 1 fully saturated rings. The number of nitrogens with one attached hydrogen (secondary N) is 3. The number of hydrogen-bond acceptors (Lipinski definition) is 8. The lowest BCUT2D eigenvalue weighted by Crippen LogP contribution is -2.44. The van der Waals surface area contributed by atoms with E-state index in [9.17, 15) is 9.18 Å². The largest absolute Gasteiger partial charge is 0.369 e. The Bertz CT molecular complexity index is 1490. The molecule has 1 saturated heterocycles. The van der Waals surface area contributed by atoms with Gasteiger partial charge in [0.2, 0.25) is 17.8 Å². The second kappa shape index (κ2) is 11.6. The molecule has 0 radical (unpaired) electrons. The molecule has 0 atom stereocenters. The highest BCUT2D eigenvalue weighted by Gasteiger charge is 2.18. The number of carbonyl (C=O) groups excluding carboxylic acids is 1. The van der Waals surface area contributed by atoms with Gasteiger partial charge in [0.25, 0.3) is 0 Å². The van der Waals surface area contributed by atoms with Crippen molar-refractivity contribution in [3.8, 4) is 11.3 Å². The van der Waals surface area contributed by atoms with E-state index in [0.717, 1.165) is 37.6 Å². The fourth-order valence-electron chi connectivity index (χ4n) is 4.43. The van der Waals surface area contributed by atoms with E-state index in [2.05, 4.69) is 59.8 Å². The molecule has 5 rings (SSSR count). The summed E-state index contributed by atoms with van der Waals surface area (Å²) in [6.07, 6.45) is 3.27. The van der Waals surface area contributed by atoms with Gasteiger partial charge in [0.15, 0.2) is 5.65 Å². The van der Waals surface area contributed by atoms with Crippen molar-refractivity contribution in [1.29, 1.82) is 0 Å². The number of likely N-dealkylation sites (N-methyl/N-ethyl adjacent to an activating group) is 2. The molecule has 1 aliphatic rings. The van der Waals surface area contributed by atoms with Crippen LogP contribution in [0.15, 0.2) is 60.7 Å². The summed E-state index contributed by atoms with van der Waals surface area (Å²) in [6.45, 7) is 4.59. The minimum absolute atomic E-state index is 0.182. The maximum Gasteiger partial charge on any atom is 0.248 e. The van der Waals surface area contributed by atoms with Crippen molar-refractivity contribution >= 4 is 40.0 Å². The zero-order valence-electron chi connectivity index (χ0n) is 22.3. The second-order valence-corrected chi connectivity index (χ2v) is 9.83. The Labute approximate surface area is 226 Å². The number of aromatic nitrogens is 4. The minimum atomic E-state index is -0.690. The molecular weight excluding hydrogens is 497 g/mol. The third kappa shape index (κ3) is 6.39. The molecule has 11 heteroatoms. The Morgan fingerprint density at radius 1 is 1.08 bits per heavy atom. The molecule has 10 nitrogen and oxygen atoms in total. The number of halogens is 1. The number of fused-ring (bicyclic) bond motifs is 1. The van der Waals surface area contributed by atoms with E-state index in [1.165, 1.54) is 6.08 Å². The molecule has 4 aromatic rings. The van der Waals surface area contributed by atoms with Crippen LogP contribution in [0.5, 0.6) is 0 Å². The highest BCUT2D eigenvalue weighted by atomic mass is 19.1. The lowest BCUT2D eigenvalue weighted by atomic mass is 10.1. The standard InChI is InChI=1S/C28H32FN9O/c1-36(2)12-6-11-23(39)30-20-8-4-7-19(17-20)25-24-26(29)34-35-27(24)33-28(32-25)31-21-9-5-10-22(18-21)38-15-13-37(3)14-16-38/h4-11,17-18H,12-16H2,1-3H3,(H,30,39)(H2,31,32,33,34,35)/b11-6+. The van der Waals surface area contributed by atoms with Crippen molar-refractivity contribution < 1.29 is 9.18 Å². The quantitative estimate of drug-likeness (QED) is 0.297. The number of carbonyl (C=O) groups is 1. The monoisotopic (exact) mass is 529 g/mol. The zero-order chi connectivity index (χ0) is 27.4. The van der Waals surface area contributed by atoms with Gasteiger partial charge in [0, 0.05) is 61.4 Å². The number of rotatable bonds is 8. The number of piperazine rings is 1. The number of hydrogen-bond donors (Lipinski definition) is 3. The zero-order valence-corrected chi connectivity index (χ0v) is 22.3. The summed E-state index contributed by atoms with van der Waals surface area (Å²) in [6, 6.07) is 15.2. The smallest absolute Gasteiger partial charge is 0.248 e. The molecule has 202 valence electrons. The van der Waals surface area contributed by atoms with Gasteiger partial charge < -0.3 is 25.3 Å². The van der Waals surface area contributed by atoms with Crippen LogP contribution in [0, 0.1) is 5.95 Å². The van der Waals surface area contributed by atoms with Crippen molar-refractivity contribution in [2.24, 2.45) is 0 Å². The van der Waals surface area contributed by atoms with Gasteiger partial charge in [0.05, 0.1) is 5.69 Å². The maximum absolute atomic E-state index is 14.7. The first-order valence-electron chi connectivity index (χ1n) is 12.8. The van der Waals surface area contributed by atoms with E-state index >= 15 is 0 Å². The third-order valence-corrected chi connectivity index (χ3v) is 6.49. The fraction of sp³-hybridized carbons (Fsp3) is 0.286. The lowest BCUT2D eigenvalue weighted by molar-refractivity contribution is -0.111. The van der Waals surface area contributed by atoms with Crippen LogP contribution >= 0.6 is 0 Å². The van der Waals surface area contributed by atoms with Crippen LogP contribution in [0.3, 0.4) is 0 Å². The van der Waals surface area contributed by atoms with Crippen molar-refractivity contribution in [1.82, 2.24) is 30.0 Å². The summed E-state index contributed by atoms with van der Waals surface area (Å²) in [5.74, 6) is -0.638. The van der Waals surface area contributed by atoms with Crippen LogP contribution in [0.2, 0.25) is 0 Å². The summed E-state index contributed by atoms with van der Waals surface area (Å²) in [4.78, 5) is 28.1. The lowest BCUT2D eigenvalue weighted by Gasteiger charge is -2.34. The van der Waals surface area contributed by atoms with Crippen LogP contribution in [0.25, 0.3) is 22.3 Å². The summed E-state index contributed by atoms with van der Waals surface area (Å²) < 4.78 is 14.7. The average Bonchev–Trinajstić information content (AvgIpc) is 3.29. The number of aromatic amines is 1. The molecule has 0 unspecified atom stereocenters. The normalized spacial score (nSPS) is 14.4. The van der Waals surface area contributed by atoms with Crippen LogP contribution in [0.1, 0.15) is 0 Å². The number of benzene rings is 2. The van der Waals surface area contributed by atoms with Gasteiger partial charge in [-0.15, -0.1) is 5.10 Å².